The van der Waals surface area contributed by atoms with Gasteiger partial charge in [0.25, 0.3) is 5.91 Å². The number of carbonyl (C=O) groups excluding carboxylic acids is 1. The van der Waals surface area contributed by atoms with Crippen molar-refractivity contribution in [3.63, 3.8) is 0 Å². The third kappa shape index (κ3) is 3.09. The van der Waals surface area contributed by atoms with Crippen LogP contribution in [-0.4, -0.2) is 54.9 Å². The van der Waals surface area contributed by atoms with Crippen LogP contribution in [0.2, 0.25) is 0 Å². The molecule has 0 bridgehead atoms. The van der Waals surface area contributed by atoms with E-state index < -0.39 is 11.6 Å². The Hall–Kier alpha value is -2.35. The Labute approximate surface area is 162 Å². The standard InChI is InChI=1S/C21H22F2N2O3/c1-28-12-20(27)25-10-18-21(15-4-2-3-5-17(15)25)19(11-26)24(18)9-13-8-14(22)6-7-16(13)23/h2-8,18-19,21,26H,9-12H2,1H3/t18-,19-,21+/m0/s1. The first-order valence-electron chi connectivity index (χ1n) is 9.24. The van der Waals surface area contributed by atoms with Gasteiger partial charge in [0.15, 0.2) is 0 Å². The lowest BCUT2D eigenvalue weighted by Crippen LogP contribution is -2.69. The van der Waals surface area contributed by atoms with Gasteiger partial charge in [0.05, 0.1) is 6.61 Å². The number of hydrogen-bond acceptors (Lipinski definition) is 4. The molecular weight excluding hydrogens is 366 g/mol. The highest BCUT2D eigenvalue weighted by atomic mass is 19.1. The Bertz CT molecular complexity index is 892. The van der Waals surface area contributed by atoms with Crippen molar-refractivity contribution in [1.82, 2.24) is 4.90 Å². The molecule has 28 heavy (non-hydrogen) atoms. The number of aliphatic hydroxyl groups excluding tert-OH is 1. The number of anilines is 1. The molecular formula is C21H22F2N2O3. The fourth-order valence-electron chi connectivity index (χ4n) is 4.50. The molecule has 7 heteroatoms. The first-order valence-corrected chi connectivity index (χ1v) is 9.24. The lowest BCUT2D eigenvalue weighted by atomic mass is 9.71. The van der Waals surface area contributed by atoms with E-state index in [1.54, 1.807) is 4.90 Å². The Kier molecular flexibility index (Phi) is 5.14. The van der Waals surface area contributed by atoms with Crippen molar-refractivity contribution in [3.05, 3.63) is 65.2 Å². The summed E-state index contributed by atoms with van der Waals surface area (Å²) in [5.41, 5.74) is 2.05. The number of amides is 1. The molecule has 3 atom stereocenters. The summed E-state index contributed by atoms with van der Waals surface area (Å²) in [6.45, 7) is 0.452. The SMILES string of the molecule is COCC(=O)N1C[C@H]2[C@@H](c3ccccc31)[C@H](CO)N2Cc1cc(F)ccc1F. The Balaban J connectivity index is 1.66. The highest BCUT2D eigenvalue weighted by Crippen LogP contribution is 2.48. The van der Waals surface area contributed by atoms with Gasteiger partial charge in [-0.1, -0.05) is 18.2 Å². The van der Waals surface area contributed by atoms with Crippen LogP contribution >= 0.6 is 0 Å². The van der Waals surface area contributed by atoms with Gasteiger partial charge in [0.1, 0.15) is 18.2 Å². The molecule has 1 N–H and O–H groups in total. The summed E-state index contributed by atoms with van der Waals surface area (Å²) in [4.78, 5) is 16.2. The van der Waals surface area contributed by atoms with Crippen LogP contribution in [-0.2, 0) is 16.1 Å². The van der Waals surface area contributed by atoms with E-state index in [-0.39, 0.29) is 49.2 Å². The van der Waals surface area contributed by atoms with Crippen LogP contribution in [0.25, 0.3) is 0 Å². The van der Waals surface area contributed by atoms with Crippen LogP contribution in [0.3, 0.4) is 0 Å². The number of hydrogen-bond donors (Lipinski definition) is 1. The smallest absolute Gasteiger partial charge is 0.253 e. The van der Waals surface area contributed by atoms with E-state index in [1.807, 2.05) is 29.2 Å². The zero-order valence-electron chi connectivity index (χ0n) is 15.5. The molecule has 2 heterocycles. The normalized spacial score (nSPS) is 23.7. The molecule has 4 rings (SSSR count). The number of methoxy groups -OCH3 is 1. The number of para-hydroxylation sites is 1. The van der Waals surface area contributed by atoms with Crippen molar-refractivity contribution < 1.29 is 23.4 Å². The number of nitrogens with zero attached hydrogens (tertiary/aromatic N) is 2. The van der Waals surface area contributed by atoms with E-state index in [9.17, 15) is 18.7 Å². The van der Waals surface area contributed by atoms with Gasteiger partial charge in [0, 0.05) is 49.5 Å². The summed E-state index contributed by atoms with van der Waals surface area (Å²) < 4.78 is 32.7. The quantitative estimate of drug-likeness (QED) is 0.854. The number of carbonyl (C=O) groups is 1. The van der Waals surface area contributed by atoms with Crippen molar-refractivity contribution in [2.24, 2.45) is 0 Å². The maximum Gasteiger partial charge on any atom is 0.253 e. The first-order chi connectivity index (χ1) is 13.5. The lowest BCUT2D eigenvalue weighted by Gasteiger charge is -2.59. The maximum absolute atomic E-state index is 14.2. The molecule has 2 aromatic carbocycles. The molecule has 0 unspecified atom stereocenters. The minimum Gasteiger partial charge on any atom is -0.395 e. The van der Waals surface area contributed by atoms with Crippen molar-refractivity contribution in [2.45, 2.75) is 24.5 Å². The van der Waals surface area contributed by atoms with Crippen molar-refractivity contribution >= 4 is 11.6 Å². The number of rotatable bonds is 5. The largest absolute Gasteiger partial charge is 0.395 e. The van der Waals surface area contributed by atoms with Crippen LogP contribution in [0, 0.1) is 11.6 Å². The van der Waals surface area contributed by atoms with Crippen LogP contribution < -0.4 is 4.90 Å². The number of likely N-dealkylation sites (tertiary alicyclic amines) is 1. The van der Waals surface area contributed by atoms with Gasteiger partial charge in [-0.25, -0.2) is 8.78 Å². The molecule has 2 aliphatic heterocycles. The Morgan fingerprint density at radius 3 is 2.79 bits per heavy atom. The van der Waals surface area contributed by atoms with E-state index in [0.29, 0.717) is 6.54 Å². The van der Waals surface area contributed by atoms with Gasteiger partial charge in [-0.05, 0) is 29.8 Å². The van der Waals surface area contributed by atoms with E-state index in [2.05, 4.69) is 0 Å². The first kappa shape index (κ1) is 19.0. The third-order valence-electron chi connectivity index (χ3n) is 5.75. The Morgan fingerprint density at radius 1 is 1.25 bits per heavy atom. The zero-order valence-corrected chi connectivity index (χ0v) is 15.5. The molecule has 1 fully saturated rings. The zero-order chi connectivity index (χ0) is 19.8. The number of halogens is 2. The van der Waals surface area contributed by atoms with E-state index in [1.165, 1.54) is 13.2 Å². The van der Waals surface area contributed by atoms with Gasteiger partial charge in [-0.15, -0.1) is 0 Å². The topological polar surface area (TPSA) is 53.0 Å². The molecule has 0 spiro atoms. The van der Waals surface area contributed by atoms with Crippen molar-refractivity contribution in [1.29, 1.82) is 0 Å². The van der Waals surface area contributed by atoms with E-state index in [0.717, 1.165) is 23.4 Å². The number of aliphatic hydroxyl groups is 1. The summed E-state index contributed by atoms with van der Waals surface area (Å²) in [5, 5.41) is 9.97. The van der Waals surface area contributed by atoms with Crippen LogP contribution in [0.1, 0.15) is 17.0 Å². The molecule has 0 aliphatic carbocycles. The van der Waals surface area contributed by atoms with Crippen LogP contribution in [0.4, 0.5) is 14.5 Å². The number of ether oxygens (including phenoxy) is 1. The molecule has 1 saturated heterocycles. The van der Waals surface area contributed by atoms with Crippen molar-refractivity contribution in [2.75, 3.05) is 31.8 Å². The second-order valence-electron chi connectivity index (χ2n) is 7.25. The predicted molar refractivity (Wildman–Crippen MR) is 100.0 cm³/mol. The van der Waals surface area contributed by atoms with Gasteiger partial charge >= 0.3 is 0 Å². The summed E-state index contributed by atoms with van der Waals surface area (Å²) in [7, 11) is 1.47. The second-order valence-corrected chi connectivity index (χ2v) is 7.25. The monoisotopic (exact) mass is 388 g/mol. The van der Waals surface area contributed by atoms with Gasteiger partial charge in [-0.2, -0.15) is 0 Å². The fourth-order valence-corrected chi connectivity index (χ4v) is 4.50. The van der Waals surface area contributed by atoms with Gasteiger partial charge < -0.3 is 14.7 Å². The lowest BCUT2D eigenvalue weighted by molar-refractivity contribution is -0.123. The summed E-state index contributed by atoms with van der Waals surface area (Å²) in [6, 6.07) is 10.7. The molecule has 0 radical (unpaired) electrons. The second kappa shape index (κ2) is 7.58. The minimum atomic E-state index is -0.500. The molecule has 2 aliphatic rings. The molecule has 0 aromatic heterocycles. The van der Waals surface area contributed by atoms with E-state index >= 15 is 0 Å². The number of benzene rings is 2. The van der Waals surface area contributed by atoms with Crippen LogP contribution in [0.15, 0.2) is 42.5 Å². The third-order valence-corrected chi connectivity index (χ3v) is 5.75. The van der Waals surface area contributed by atoms with Gasteiger partial charge in [0.2, 0.25) is 0 Å². The molecule has 5 nitrogen and oxygen atoms in total. The summed E-state index contributed by atoms with van der Waals surface area (Å²) >= 11 is 0. The van der Waals surface area contributed by atoms with Crippen LogP contribution in [0.5, 0.6) is 0 Å². The Morgan fingerprint density at radius 2 is 2.04 bits per heavy atom. The number of fused-ring (bicyclic) bond motifs is 3. The highest BCUT2D eigenvalue weighted by molar-refractivity contribution is 5.96. The molecule has 0 saturated carbocycles. The summed E-state index contributed by atoms with van der Waals surface area (Å²) in [5.74, 6) is -1.10. The minimum absolute atomic E-state index is 0.0319. The summed E-state index contributed by atoms with van der Waals surface area (Å²) in [6.07, 6.45) is 0. The molecule has 148 valence electrons. The van der Waals surface area contributed by atoms with Gasteiger partial charge in [-0.3, -0.25) is 9.69 Å². The predicted octanol–water partition coefficient (Wildman–Crippen LogP) is 2.29. The molecule has 2 aromatic rings. The highest BCUT2D eigenvalue weighted by Gasteiger charge is 2.53. The average molecular weight is 388 g/mol. The van der Waals surface area contributed by atoms with Crippen molar-refractivity contribution in [3.8, 4) is 0 Å². The molecule has 1 amide bonds. The fraction of sp³-hybridized carbons (Fsp3) is 0.381. The maximum atomic E-state index is 14.2. The van der Waals surface area contributed by atoms with E-state index in [4.69, 9.17) is 4.74 Å². The average Bonchev–Trinajstić information content (AvgIpc) is 2.68.